The van der Waals surface area contributed by atoms with Gasteiger partial charge in [-0.15, -0.1) is 0 Å². The number of halogens is 1. The zero-order chi connectivity index (χ0) is 9.64. The summed E-state index contributed by atoms with van der Waals surface area (Å²) in [6, 6.07) is 0. The van der Waals surface area contributed by atoms with Crippen LogP contribution in [0.3, 0.4) is 0 Å². The molecule has 74 valence electrons. The third-order valence-electron chi connectivity index (χ3n) is 3.26. The molecule has 0 N–H and O–H groups in total. The Morgan fingerprint density at radius 1 is 1.38 bits per heavy atom. The van der Waals surface area contributed by atoms with Gasteiger partial charge in [0.15, 0.2) is 0 Å². The summed E-state index contributed by atoms with van der Waals surface area (Å²) in [7, 11) is 0. The molecule has 1 unspecified atom stereocenters. The van der Waals surface area contributed by atoms with Gasteiger partial charge < -0.3 is 4.90 Å². The van der Waals surface area contributed by atoms with Crippen LogP contribution < -0.4 is 0 Å². The van der Waals surface area contributed by atoms with Crippen molar-refractivity contribution in [3.8, 4) is 0 Å². The van der Waals surface area contributed by atoms with Gasteiger partial charge in [0.05, 0.1) is 0 Å². The van der Waals surface area contributed by atoms with Crippen LogP contribution in [-0.4, -0.2) is 27.7 Å². The Morgan fingerprint density at radius 2 is 2.00 bits per heavy atom. The van der Waals surface area contributed by atoms with E-state index >= 15 is 0 Å². The van der Waals surface area contributed by atoms with Crippen molar-refractivity contribution in [2.75, 3.05) is 6.54 Å². The summed E-state index contributed by atoms with van der Waals surface area (Å²) in [4.78, 5) is 14.4. The predicted molar refractivity (Wildman–Crippen MR) is 55.8 cm³/mol. The lowest BCUT2D eigenvalue weighted by molar-refractivity contribution is -0.135. The van der Waals surface area contributed by atoms with E-state index in [0.717, 1.165) is 25.8 Å². The SMILES string of the molecule is CC1(C)C(Br)CCN1C(=O)C1CC1. The Balaban J connectivity index is 2.10. The number of carbonyl (C=O) groups is 1. The van der Waals surface area contributed by atoms with Crippen LogP contribution in [0, 0.1) is 5.92 Å². The van der Waals surface area contributed by atoms with Crippen LogP contribution in [0.4, 0.5) is 0 Å². The maximum Gasteiger partial charge on any atom is 0.226 e. The molecule has 0 radical (unpaired) electrons. The van der Waals surface area contributed by atoms with E-state index in [9.17, 15) is 4.79 Å². The van der Waals surface area contributed by atoms with Crippen LogP contribution >= 0.6 is 15.9 Å². The second-order valence-corrected chi connectivity index (χ2v) is 5.78. The molecule has 0 bridgehead atoms. The first-order chi connectivity index (χ1) is 6.03. The Morgan fingerprint density at radius 3 is 2.38 bits per heavy atom. The maximum absolute atomic E-state index is 11.9. The van der Waals surface area contributed by atoms with Gasteiger partial charge in [0.2, 0.25) is 5.91 Å². The molecular formula is C10H16BrNO. The minimum Gasteiger partial charge on any atom is -0.336 e. The highest BCUT2D eigenvalue weighted by Gasteiger charge is 2.46. The van der Waals surface area contributed by atoms with Crippen molar-refractivity contribution in [3.63, 3.8) is 0 Å². The monoisotopic (exact) mass is 245 g/mol. The van der Waals surface area contributed by atoms with Crippen molar-refractivity contribution in [2.24, 2.45) is 5.92 Å². The standard InChI is InChI=1S/C10H16BrNO/c1-10(2)8(11)5-6-12(10)9(13)7-3-4-7/h7-8H,3-6H2,1-2H3. The van der Waals surface area contributed by atoms with Gasteiger partial charge in [0, 0.05) is 22.8 Å². The molecule has 2 nitrogen and oxygen atoms in total. The van der Waals surface area contributed by atoms with E-state index in [1.54, 1.807) is 0 Å². The van der Waals surface area contributed by atoms with Crippen LogP contribution in [0.2, 0.25) is 0 Å². The third kappa shape index (κ3) is 1.51. The fraction of sp³-hybridized carbons (Fsp3) is 0.900. The quantitative estimate of drug-likeness (QED) is 0.649. The number of nitrogens with zero attached hydrogens (tertiary/aromatic N) is 1. The number of hydrogen-bond acceptors (Lipinski definition) is 1. The van der Waals surface area contributed by atoms with Crippen LogP contribution in [0.1, 0.15) is 33.1 Å². The van der Waals surface area contributed by atoms with Crippen molar-refractivity contribution < 1.29 is 4.79 Å². The molecule has 0 aromatic carbocycles. The number of hydrogen-bond donors (Lipinski definition) is 0. The van der Waals surface area contributed by atoms with Crippen molar-refractivity contribution in [1.82, 2.24) is 4.90 Å². The van der Waals surface area contributed by atoms with Crippen LogP contribution in [0.5, 0.6) is 0 Å². The van der Waals surface area contributed by atoms with E-state index in [2.05, 4.69) is 34.7 Å². The summed E-state index contributed by atoms with van der Waals surface area (Å²) < 4.78 is 0. The van der Waals surface area contributed by atoms with E-state index in [1.165, 1.54) is 0 Å². The first kappa shape index (κ1) is 9.50. The molecule has 1 amide bonds. The molecule has 1 aliphatic heterocycles. The summed E-state index contributed by atoms with van der Waals surface area (Å²) in [5, 5.41) is 0. The normalized spacial score (nSPS) is 32.2. The van der Waals surface area contributed by atoms with Crippen molar-refractivity contribution in [1.29, 1.82) is 0 Å². The number of amides is 1. The Labute approximate surface area is 87.8 Å². The van der Waals surface area contributed by atoms with Gasteiger partial charge in [0.1, 0.15) is 0 Å². The van der Waals surface area contributed by atoms with E-state index in [1.807, 2.05) is 0 Å². The minimum absolute atomic E-state index is 0.0136. The van der Waals surface area contributed by atoms with E-state index in [-0.39, 0.29) is 5.54 Å². The fourth-order valence-corrected chi connectivity index (χ4v) is 2.45. The van der Waals surface area contributed by atoms with Gasteiger partial charge in [-0.25, -0.2) is 0 Å². The molecule has 2 rings (SSSR count). The van der Waals surface area contributed by atoms with Crippen LogP contribution in [0.15, 0.2) is 0 Å². The van der Waals surface area contributed by atoms with Crippen molar-refractivity contribution in [3.05, 3.63) is 0 Å². The van der Waals surface area contributed by atoms with Crippen molar-refractivity contribution >= 4 is 21.8 Å². The van der Waals surface area contributed by atoms with E-state index in [4.69, 9.17) is 0 Å². The first-order valence-electron chi connectivity index (χ1n) is 4.99. The molecule has 1 atom stereocenters. The van der Waals surface area contributed by atoms with Gasteiger partial charge in [0.25, 0.3) is 0 Å². The molecule has 2 fully saturated rings. The molecule has 3 heteroatoms. The summed E-state index contributed by atoms with van der Waals surface area (Å²) in [6.07, 6.45) is 3.31. The van der Waals surface area contributed by atoms with E-state index < -0.39 is 0 Å². The second kappa shape index (κ2) is 2.97. The number of rotatable bonds is 1. The summed E-state index contributed by atoms with van der Waals surface area (Å²) >= 11 is 3.64. The Kier molecular flexibility index (Phi) is 2.17. The molecule has 1 saturated heterocycles. The largest absolute Gasteiger partial charge is 0.336 e. The van der Waals surface area contributed by atoms with Gasteiger partial charge in [-0.05, 0) is 33.1 Å². The summed E-state index contributed by atoms with van der Waals surface area (Å²) in [6.45, 7) is 5.23. The third-order valence-corrected chi connectivity index (χ3v) is 4.84. The zero-order valence-corrected chi connectivity index (χ0v) is 9.80. The Bertz CT molecular complexity index is 235. The average molecular weight is 246 g/mol. The fourth-order valence-electron chi connectivity index (χ4n) is 2.00. The lowest BCUT2D eigenvalue weighted by atomic mass is 10.0. The van der Waals surface area contributed by atoms with Gasteiger partial charge in [-0.1, -0.05) is 15.9 Å². The number of likely N-dealkylation sites (tertiary alicyclic amines) is 1. The molecule has 2 aliphatic rings. The summed E-state index contributed by atoms with van der Waals surface area (Å²) in [5.41, 5.74) is 0.0136. The highest BCUT2D eigenvalue weighted by Crippen LogP contribution is 2.39. The van der Waals surface area contributed by atoms with Crippen LogP contribution in [-0.2, 0) is 4.79 Å². The van der Waals surface area contributed by atoms with Gasteiger partial charge in [-0.2, -0.15) is 0 Å². The molecule has 0 aromatic rings. The minimum atomic E-state index is 0.0136. The van der Waals surface area contributed by atoms with Gasteiger partial charge >= 0.3 is 0 Å². The summed E-state index contributed by atoms with van der Waals surface area (Å²) in [5.74, 6) is 0.740. The highest BCUT2D eigenvalue weighted by atomic mass is 79.9. The molecule has 1 saturated carbocycles. The number of carbonyl (C=O) groups excluding carboxylic acids is 1. The molecule has 1 aliphatic carbocycles. The topological polar surface area (TPSA) is 20.3 Å². The predicted octanol–water partition coefficient (Wildman–Crippen LogP) is 2.17. The lowest BCUT2D eigenvalue weighted by Gasteiger charge is -2.34. The molecule has 13 heavy (non-hydrogen) atoms. The lowest BCUT2D eigenvalue weighted by Crippen LogP contribution is -2.47. The first-order valence-corrected chi connectivity index (χ1v) is 5.90. The van der Waals surface area contributed by atoms with Crippen LogP contribution in [0.25, 0.3) is 0 Å². The van der Waals surface area contributed by atoms with E-state index in [0.29, 0.717) is 16.7 Å². The average Bonchev–Trinajstić information content (AvgIpc) is 2.82. The molecular weight excluding hydrogens is 230 g/mol. The molecule has 0 aromatic heterocycles. The number of alkyl halides is 1. The van der Waals surface area contributed by atoms with Gasteiger partial charge in [-0.3, -0.25) is 4.79 Å². The molecule has 1 heterocycles. The maximum atomic E-state index is 11.9. The smallest absolute Gasteiger partial charge is 0.226 e. The second-order valence-electron chi connectivity index (χ2n) is 4.67. The van der Waals surface area contributed by atoms with Crippen molar-refractivity contribution in [2.45, 2.75) is 43.5 Å². The highest BCUT2D eigenvalue weighted by molar-refractivity contribution is 9.09. The Hall–Kier alpha value is -0.0500. The molecule has 0 spiro atoms. The zero-order valence-electron chi connectivity index (χ0n) is 8.22.